The predicted octanol–water partition coefficient (Wildman–Crippen LogP) is 2.11. The molecule has 2 rings (SSSR count). The topological polar surface area (TPSA) is 83.7 Å². The van der Waals surface area contributed by atoms with Crippen molar-refractivity contribution in [2.45, 2.75) is 13.8 Å². The molecule has 19 heavy (non-hydrogen) atoms. The molecule has 0 aliphatic heterocycles. The van der Waals surface area contributed by atoms with E-state index in [4.69, 9.17) is 17.0 Å². The first-order chi connectivity index (χ1) is 8.99. The first-order valence-electron chi connectivity index (χ1n) is 5.53. The number of halogens is 1. The summed E-state index contributed by atoms with van der Waals surface area (Å²) in [5.74, 6) is 0.349. The Bertz CT molecular complexity index is 678. The quantitative estimate of drug-likeness (QED) is 0.837. The smallest absolute Gasteiger partial charge is 0.307 e. The molecule has 0 spiro atoms. The van der Waals surface area contributed by atoms with Gasteiger partial charge in [-0.3, -0.25) is 5.41 Å². The number of carbonyl (C=O) groups excluding carboxylic acids is 1. The van der Waals surface area contributed by atoms with Gasteiger partial charge in [0.25, 0.3) is 0 Å². The molecule has 1 aromatic carbocycles. The Morgan fingerprint density at radius 1 is 1.26 bits per heavy atom. The molecule has 7 heteroatoms. The number of aromatic nitrogens is 3. The Labute approximate surface area is 114 Å². The van der Waals surface area contributed by atoms with Gasteiger partial charge in [0.15, 0.2) is 5.49 Å². The zero-order valence-electron chi connectivity index (χ0n) is 10.4. The third kappa shape index (κ3) is 2.79. The van der Waals surface area contributed by atoms with Crippen LogP contribution in [0, 0.1) is 19.3 Å². The van der Waals surface area contributed by atoms with Crippen molar-refractivity contribution >= 4 is 23.3 Å². The molecule has 0 saturated carbocycles. The van der Waals surface area contributed by atoms with Crippen LogP contribution in [-0.2, 0) is 0 Å². The van der Waals surface area contributed by atoms with Crippen LogP contribution in [0.3, 0.4) is 0 Å². The molecule has 1 amide bonds. The highest BCUT2D eigenvalue weighted by Gasteiger charge is 2.11. The van der Waals surface area contributed by atoms with Crippen LogP contribution in [0.25, 0.3) is 0 Å². The summed E-state index contributed by atoms with van der Waals surface area (Å²) in [5, 5.41) is 18.7. The van der Waals surface area contributed by atoms with Gasteiger partial charge in [0.2, 0.25) is 0 Å². The second-order valence-corrected chi connectivity index (χ2v) is 4.39. The lowest BCUT2D eigenvalue weighted by Gasteiger charge is -2.10. The van der Waals surface area contributed by atoms with Crippen LogP contribution in [0.2, 0.25) is 5.02 Å². The van der Waals surface area contributed by atoms with E-state index in [-0.39, 0.29) is 5.49 Å². The van der Waals surface area contributed by atoms with Gasteiger partial charge in [0.1, 0.15) is 11.5 Å². The summed E-state index contributed by atoms with van der Waals surface area (Å²) in [6.07, 6.45) is 0. The monoisotopic (exact) mass is 277 g/mol. The van der Waals surface area contributed by atoms with Gasteiger partial charge in [-0.05, 0) is 38.1 Å². The lowest BCUT2D eigenvalue weighted by molar-refractivity contribution is 0.251. The van der Waals surface area contributed by atoms with Crippen molar-refractivity contribution in [2.24, 2.45) is 0 Å². The normalized spacial score (nSPS) is 10.3. The molecular formula is C12H12ClN5O. The van der Waals surface area contributed by atoms with Gasteiger partial charge >= 0.3 is 6.03 Å². The number of nitrogens with one attached hydrogen (secondary N) is 2. The van der Waals surface area contributed by atoms with Gasteiger partial charge < -0.3 is 5.32 Å². The fraction of sp³-hybridized carbons (Fsp3) is 0.167. The highest BCUT2D eigenvalue weighted by atomic mass is 35.5. The van der Waals surface area contributed by atoms with Crippen molar-refractivity contribution in [3.05, 3.63) is 46.3 Å². The SMILES string of the molecule is Cc1nnc(C)n(C(=O)Nc2ccc(Cl)cc2)c1=N. The summed E-state index contributed by atoms with van der Waals surface area (Å²) in [7, 11) is 0. The summed E-state index contributed by atoms with van der Waals surface area (Å²) in [6.45, 7) is 3.24. The molecule has 98 valence electrons. The van der Waals surface area contributed by atoms with Crippen molar-refractivity contribution in [3.63, 3.8) is 0 Å². The Hall–Kier alpha value is -2.21. The standard InChI is InChI=1S/C12H12ClN5O/c1-7-11(14)18(8(2)17-16-7)12(19)15-10-5-3-9(13)4-6-10/h3-6,14H,1-2H3,(H,15,19). The maximum atomic E-state index is 12.1. The molecule has 0 saturated heterocycles. The minimum absolute atomic E-state index is 0.0129. The van der Waals surface area contributed by atoms with Crippen LogP contribution in [0.4, 0.5) is 10.5 Å². The van der Waals surface area contributed by atoms with E-state index in [2.05, 4.69) is 15.5 Å². The molecule has 2 aromatic rings. The van der Waals surface area contributed by atoms with E-state index in [0.29, 0.717) is 22.2 Å². The third-order valence-corrected chi connectivity index (χ3v) is 2.79. The summed E-state index contributed by atoms with van der Waals surface area (Å²) >= 11 is 5.77. The minimum atomic E-state index is -0.456. The molecule has 0 aliphatic carbocycles. The van der Waals surface area contributed by atoms with Crippen LogP contribution in [0.15, 0.2) is 24.3 Å². The first kappa shape index (κ1) is 13.2. The molecule has 1 aromatic heterocycles. The Morgan fingerprint density at radius 2 is 1.89 bits per heavy atom. The van der Waals surface area contributed by atoms with Gasteiger partial charge in [0.05, 0.1) is 0 Å². The van der Waals surface area contributed by atoms with Crippen LogP contribution in [0.1, 0.15) is 11.5 Å². The van der Waals surface area contributed by atoms with E-state index in [1.165, 1.54) is 0 Å². The minimum Gasteiger partial charge on any atom is -0.307 e. The zero-order chi connectivity index (χ0) is 14.0. The molecule has 0 radical (unpaired) electrons. The van der Waals surface area contributed by atoms with Crippen LogP contribution in [-0.4, -0.2) is 20.8 Å². The van der Waals surface area contributed by atoms with E-state index in [1.54, 1.807) is 38.1 Å². The molecule has 0 bridgehead atoms. The van der Waals surface area contributed by atoms with E-state index >= 15 is 0 Å². The molecule has 2 N–H and O–H groups in total. The number of aryl methyl sites for hydroxylation is 2. The molecule has 0 atom stereocenters. The maximum Gasteiger partial charge on any atom is 0.333 e. The average Bonchev–Trinajstić information content (AvgIpc) is 2.37. The molecule has 1 heterocycles. The number of nitrogens with zero attached hydrogens (tertiary/aromatic N) is 3. The molecule has 0 aliphatic rings. The van der Waals surface area contributed by atoms with Crippen LogP contribution >= 0.6 is 11.6 Å². The molecule has 6 nitrogen and oxygen atoms in total. The highest BCUT2D eigenvalue weighted by Crippen LogP contribution is 2.13. The van der Waals surface area contributed by atoms with Gasteiger partial charge in [0, 0.05) is 10.7 Å². The van der Waals surface area contributed by atoms with E-state index in [9.17, 15) is 4.79 Å². The molecule has 0 fully saturated rings. The van der Waals surface area contributed by atoms with Crippen molar-refractivity contribution in [1.29, 1.82) is 5.41 Å². The molecular weight excluding hydrogens is 266 g/mol. The van der Waals surface area contributed by atoms with Gasteiger partial charge in [-0.1, -0.05) is 11.6 Å². The fourth-order valence-electron chi connectivity index (χ4n) is 1.52. The Balaban J connectivity index is 2.33. The maximum absolute atomic E-state index is 12.1. The Morgan fingerprint density at radius 3 is 2.53 bits per heavy atom. The lowest BCUT2D eigenvalue weighted by Crippen LogP contribution is -2.35. The van der Waals surface area contributed by atoms with Crippen molar-refractivity contribution in [2.75, 3.05) is 5.32 Å². The highest BCUT2D eigenvalue weighted by molar-refractivity contribution is 6.30. The second kappa shape index (κ2) is 5.19. The Kier molecular flexibility index (Phi) is 3.62. The van der Waals surface area contributed by atoms with Crippen LogP contribution < -0.4 is 10.8 Å². The average molecular weight is 278 g/mol. The second-order valence-electron chi connectivity index (χ2n) is 3.95. The number of rotatable bonds is 1. The summed E-state index contributed by atoms with van der Waals surface area (Å²) in [4.78, 5) is 12.1. The number of hydrogen-bond donors (Lipinski definition) is 2. The third-order valence-electron chi connectivity index (χ3n) is 2.53. The summed E-state index contributed by atoms with van der Waals surface area (Å²) in [6, 6.07) is 6.25. The van der Waals surface area contributed by atoms with E-state index in [0.717, 1.165) is 4.57 Å². The zero-order valence-corrected chi connectivity index (χ0v) is 11.2. The lowest BCUT2D eigenvalue weighted by atomic mass is 10.3. The van der Waals surface area contributed by atoms with Gasteiger partial charge in [-0.2, -0.15) is 5.10 Å². The van der Waals surface area contributed by atoms with Crippen molar-refractivity contribution in [1.82, 2.24) is 14.8 Å². The van der Waals surface area contributed by atoms with Crippen molar-refractivity contribution < 1.29 is 4.79 Å². The van der Waals surface area contributed by atoms with E-state index < -0.39 is 6.03 Å². The summed E-state index contributed by atoms with van der Waals surface area (Å²) < 4.78 is 1.16. The number of amides is 1. The molecule has 0 unspecified atom stereocenters. The van der Waals surface area contributed by atoms with Gasteiger partial charge in [-0.25, -0.2) is 9.36 Å². The number of hydrogen-bond acceptors (Lipinski definition) is 4. The fourth-order valence-corrected chi connectivity index (χ4v) is 1.65. The number of anilines is 1. The largest absolute Gasteiger partial charge is 0.333 e. The number of carbonyl (C=O) groups is 1. The first-order valence-corrected chi connectivity index (χ1v) is 5.91. The number of benzene rings is 1. The predicted molar refractivity (Wildman–Crippen MR) is 71.2 cm³/mol. The van der Waals surface area contributed by atoms with Crippen LogP contribution in [0.5, 0.6) is 0 Å². The van der Waals surface area contributed by atoms with Gasteiger partial charge in [-0.15, -0.1) is 5.10 Å². The van der Waals surface area contributed by atoms with E-state index in [1.807, 2.05) is 0 Å². The van der Waals surface area contributed by atoms with Crippen molar-refractivity contribution in [3.8, 4) is 0 Å². The summed E-state index contributed by atoms with van der Waals surface area (Å²) in [5.41, 5.74) is 0.992.